The van der Waals surface area contributed by atoms with Gasteiger partial charge in [-0.05, 0) is 25.1 Å². The second-order valence-electron chi connectivity index (χ2n) is 4.72. The molecule has 0 atom stereocenters. The van der Waals surface area contributed by atoms with E-state index in [1.807, 2.05) is 6.07 Å². The SMILES string of the molecule is CCOc1[nH+]c(N)c(C#N)c(-c2cc(OC)ccc2OC)c1C#N. The molecule has 0 spiro atoms. The Morgan fingerprint density at radius 2 is 1.83 bits per heavy atom. The Kier molecular flexibility index (Phi) is 5.08. The van der Waals surface area contributed by atoms with Gasteiger partial charge in [-0.25, -0.2) is 4.98 Å². The third-order valence-corrected chi connectivity index (χ3v) is 3.43. The molecule has 0 saturated heterocycles. The van der Waals surface area contributed by atoms with E-state index in [4.69, 9.17) is 19.9 Å². The molecule has 0 bridgehead atoms. The van der Waals surface area contributed by atoms with Gasteiger partial charge in [0.05, 0.1) is 20.8 Å². The Labute approximate surface area is 139 Å². The van der Waals surface area contributed by atoms with Crippen LogP contribution in [0.1, 0.15) is 18.1 Å². The molecule has 3 N–H and O–H groups in total. The summed E-state index contributed by atoms with van der Waals surface area (Å²) in [5.41, 5.74) is 7.12. The van der Waals surface area contributed by atoms with Crippen molar-refractivity contribution >= 4 is 5.82 Å². The number of hydrogen-bond acceptors (Lipinski definition) is 6. The molecule has 0 fully saturated rings. The number of pyridine rings is 1. The molecule has 0 radical (unpaired) electrons. The zero-order valence-corrected chi connectivity index (χ0v) is 13.6. The Morgan fingerprint density at radius 3 is 2.38 bits per heavy atom. The molecule has 0 amide bonds. The number of hydrogen-bond donors (Lipinski definition) is 1. The molecule has 0 aliphatic rings. The molecule has 1 aromatic heterocycles. The lowest BCUT2D eigenvalue weighted by Crippen LogP contribution is -2.19. The van der Waals surface area contributed by atoms with Crippen LogP contribution in [-0.2, 0) is 0 Å². The van der Waals surface area contributed by atoms with Gasteiger partial charge >= 0.3 is 5.88 Å². The highest BCUT2D eigenvalue weighted by molar-refractivity contribution is 5.84. The molecule has 0 unspecified atom stereocenters. The molecule has 7 heteroatoms. The first-order valence-corrected chi connectivity index (χ1v) is 7.15. The molecule has 2 rings (SSSR count). The van der Waals surface area contributed by atoms with Crippen molar-refractivity contribution in [2.24, 2.45) is 0 Å². The van der Waals surface area contributed by atoms with Crippen molar-refractivity contribution in [3.05, 3.63) is 29.3 Å². The minimum atomic E-state index is 0.111. The van der Waals surface area contributed by atoms with Gasteiger partial charge in [0.15, 0.2) is 5.56 Å². The highest BCUT2D eigenvalue weighted by Crippen LogP contribution is 2.40. The molecule has 0 aliphatic carbocycles. The summed E-state index contributed by atoms with van der Waals surface area (Å²) in [6.07, 6.45) is 0. The number of nitrogens with zero attached hydrogens (tertiary/aromatic N) is 2. The standard InChI is InChI=1S/C17H16N4O3/c1-4-24-17-13(9-19)15(12(8-18)16(20)21-17)11-7-10(22-2)5-6-14(11)23-3/h5-7H,4H2,1-3H3,(H2,20,21)/p+1. The second-order valence-corrected chi connectivity index (χ2v) is 4.72. The topological polar surface area (TPSA) is 115 Å². The smallest absolute Gasteiger partial charge is 0.301 e. The van der Waals surface area contributed by atoms with Crippen LogP contribution in [0.25, 0.3) is 11.1 Å². The van der Waals surface area contributed by atoms with Gasteiger partial charge in [-0.2, -0.15) is 10.5 Å². The van der Waals surface area contributed by atoms with Crippen molar-refractivity contribution in [1.82, 2.24) is 0 Å². The first-order chi connectivity index (χ1) is 11.6. The van der Waals surface area contributed by atoms with Gasteiger partial charge in [0.25, 0.3) is 5.82 Å². The number of H-pyrrole nitrogens is 1. The van der Waals surface area contributed by atoms with Crippen LogP contribution in [-0.4, -0.2) is 20.8 Å². The predicted octanol–water partition coefficient (Wildman–Crippen LogP) is 1.91. The number of nitrogen functional groups attached to an aromatic ring is 1. The third-order valence-electron chi connectivity index (χ3n) is 3.43. The average Bonchev–Trinajstić information content (AvgIpc) is 2.60. The zero-order valence-electron chi connectivity index (χ0n) is 13.6. The summed E-state index contributed by atoms with van der Waals surface area (Å²) in [6.45, 7) is 2.13. The molecule has 1 aromatic carbocycles. The fraction of sp³-hybridized carbons (Fsp3) is 0.235. The van der Waals surface area contributed by atoms with Crippen LogP contribution in [0.5, 0.6) is 17.4 Å². The van der Waals surface area contributed by atoms with E-state index in [9.17, 15) is 10.5 Å². The molecule has 0 saturated carbocycles. The Bertz CT molecular complexity index is 850. The van der Waals surface area contributed by atoms with Crippen molar-refractivity contribution in [2.75, 3.05) is 26.6 Å². The second kappa shape index (κ2) is 7.21. The van der Waals surface area contributed by atoms with Crippen molar-refractivity contribution in [2.45, 2.75) is 6.92 Å². The molecule has 2 aromatic rings. The van der Waals surface area contributed by atoms with Gasteiger partial charge in [0, 0.05) is 11.1 Å². The highest BCUT2D eigenvalue weighted by atomic mass is 16.5. The van der Waals surface area contributed by atoms with Gasteiger partial charge in [-0.15, -0.1) is 0 Å². The summed E-state index contributed by atoms with van der Waals surface area (Å²) in [4.78, 5) is 2.76. The Hall–Kier alpha value is -3.45. The number of rotatable bonds is 5. The maximum atomic E-state index is 9.62. The molecule has 7 nitrogen and oxygen atoms in total. The predicted molar refractivity (Wildman–Crippen MR) is 86.5 cm³/mol. The highest BCUT2D eigenvalue weighted by Gasteiger charge is 2.26. The minimum Gasteiger partial charge on any atom is -0.497 e. The molecule has 0 aliphatic heterocycles. The van der Waals surface area contributed by atoms with Crippen molar-refractivity contribution in [3.63, 3.8) is 0 Å². The Morgan fingerprint density at radius 1 is 1.12 bits per heavy atom. The van der Waals surface area contributed by atoms with Crippen LogP contribution in [0.15, 0.2) is 18.2 Å². The van der Waals surface area contributed by atoms with E-state index in [1.54, 1.807) is 25.1 Å². The quantitative estimate of drug-likeness (QED) is 0.897. The van der Waals surface area contributed by atoms with Crippen LogP contribution >= 0.6 is 0 Å². The van der Waals surface area contributed by atoms with Crippen molar-refractivity contribution in [1.29, 1.82) is 10.5 Å². The normalized spacial score (nSPS) is 9.71. The fourth-order valence-electron chi connectivity index (χ4n) is 2.37. The van der Waals surface area contributed by atoms with E-state index < -0.39 is 0 Å². The summed E-state index contributed by atoms with van der Waals surface area (Å²) in [7, 11) is 3.03. The molecular formula is C17H17N4O3+. The monoisotopic (exact) mass is 325 g/mol. The lowest BCUT2D eigenvalue weighted by Gasteiger charge is -2.14. The zero-order chi connectivity index (χ0) is 17.7. The third kappa shape index (κ3) is 2.88. The van der Waals surface area contributed by atoms with Crippen molar-refractivity contribution in [3.8, 4) is 40.6 Å². The first kappa shape index (κ1) is 16.9. The summed E-state index contributed by atoms with van der Waals surface area (Å²) in [5, 5.41) is 19.1. The lowest BCUT2D eigenvalue weighted by molar-refractivity contribution is -0.377. The summed E-state index contributed by atoms with van der Waals surface area (Å²) in [6, 6.07) is 9.22. The van der Waals surface area contributed by atoms with Crippen LogP contribution in [0.3, 0.4) is 0 Å². The van der Waals surface area contributed by atoms with Crippen LogP contribution in [0, 0.1) is 22.7 Å². The van der Waals surface area contributed by atoms with Gasteiger partial charge in [-0.1, -0.05) is 0 Å². The summed E-state index contributed by atoms with van der Waals surface area (Å²) < 4.78 is 16.1. The molecule has 122 valence electrons. The maximum Gasteiger partial charge on any atom is 0.301 e. The number of aromatic nitrogens is 1. The molecule has 24 heavy (non-hydrogen) atoms. The largest absolute Gasteiger partial charge is 0.497 e. The summed E-state index contributed by atoms with van der Waals surface area (Å²) >= 11 is 0. The van der Waals surface area contributed by atoms with Gasteiger partial charge < -0.3 is 14.2 Å². The number of benzene rings is 1. The average molecular weight is 325 g/mol. The van der Waals surface area contributed by atoms with Crippen molar-refractivity contribution < 1.29 is 19.2 Å². The van der Waals surface area contributed by atoms with Gasteiger partial charge in [0.2, 0.25) is 0 Å². The van der Waals surface area contributed by atoms with Gasteiger partial charge in [-0.3, -0.25) is 5.73 Å². The summed E-state index contributed by atoms with van der Waals surface area (Å²) in [5.74, 6) is 1.36. The fourth-order valence-corrected chi connectivity index (χ4v) is 2.37. The number of anilines is 1. The van der Waals surface area contributed by atoms with Crippen LogP contribution in [0.2, 0.25) is 0 Å². The van der Waals surface area contributed by atoms with E-state index in [0.717, 1.165) is 0 Å². The van der Waals surface area contributed by atoms with E-state index in [2.05, 4.69) is 11.1 Å². The number of methoxy groups -OCH3 is 2. The number of nitriles is 2. The van der Waals surface area contributed by atoms with E-state index in [0.29, 0.717) is 29.2 Å². The van der Waals surface area contributed by atoms with Gasteiger partial charge in [0.1, 0.15) is 29.2 Å². The maximum absolute atomic E-state index is 9.62. The molecular weight excluding hydrogens is 308 g/mol. The minimum absolute atomic E-state index is 0.111. The lowest BCUT2D eigenvalue weighted by atomic mass is 9.95. The number of ether oxygens (including phenoxy) is 3. The van der Waals surface area contributed by atoms with E-state index in [-0.39, 0.29) is 22.8 Å². The van der Waals surface area contributed by atoms with E-state index >= 15 is 0 Å². The van der Waals surface area contributed by atoms with Crippen LogP contribution in [0.4, 0.5) is 5.82 Å². The number of nitrogens with one attached hydrogen (secondary N) is 1. The molecule has 1 heterocycles. The number of nitrogens with two attached hydrogens (primary N) is 1. The Balaban J connectivity index is 2.92. The van der Waals surface area contributed by atoms with E-state index in [1.165, 1.54) is 14.2 Å². The first-order valence-electron chi connectivity index (χ1n) is 7.15. The number of aromatic amines is 1. The van der Waals surface area contributed by atoms with Crippen LogP contribution < -0.4 is 24.9 Å².